The monoisotopic (exact) mass is 372 g/mol. The fraction of sp³-hybridized carbons (Fsp3) is 1.00. The molecule has 0 amide bonds. The highest BCUT2D eigenvalue weighted by molar-refractivity contribution is 7.82. The second-order valence-corrected chi connectivity index (χ2v) is 6.77. The number of hydrogen-bond donors (Lipinski definition) is 8. The van der Waals surface area contributed by atoms with Crippen LogP contribution in [0.5, 0.6) is 0 Å². The van der Waals surface area contributed by atoms with Crippen LogP contribution in [0.15, 0.2) is 0 Å². The highest BCUT2D eigenvalue weighted by Gasteiger charge is 2.63. The van der Waals surface area contributed by atoms with E-state index in [1.54, 1.807) is 0 Å². The minimum Gasteiger partial charge on any atom is -0.394 e. The van der Waals surface area contributed by atoms with E-state index in [4.69, 9.17) is 14.2 Å². The fourth-order valence-corrected chi connectivity index (χ4v) is 3.68. The van der Waals surface area contributed by atoms with Crippen molar-refractivity contribution in [1.29, 1.82) is 0 Å². The second-order valence-electron chi connectivity index (χ2n) is 6.00. The van der Waals surface area contributed by atoms with E-state index < -0.39 is 73.1 Å². The van der Waals surface area contributed by atoms with E-state index in [0.29, 0.717) is 0 Å². The molecule has 2 aliphatic rings. The molecular weight excluding hydrogens is 348 g/mol. The summed E-state index contributed by atoms with van der Waals surface area (Å²) in [5.41, 5.74) is 0. The minimum atomic E-state index is -1.87. The summed E-state index contributed by atoms with van der Waals surface area (Å²) in [4.78, 5) is 0. The predicted molar refractivity (Wildman–Crippen MR) is 80.3 cm³/mol. The average molecular weight is 372 g/mol. The zero-order valence-corrected chi connectivity index (χ0v) is 13.8. The van der Waals surface area contributed by atoms with E-state index in [9.17, 15) is 35.7 Å². The van der Waals surface area contributed by atoms with Crippen molar-refractivity contribution >= 4 is 12.6 Å². The maximum absolute atomic E-state index is 10.5. The topological polar surface area (TPSA) is 169 Å². The van der Waals surface area contributed by atoms with Crippen molar-refractivity contribution in [2.24, 2.45) is 0 Å². The van der Waals surface area contributed by atoms with E-state index in [2.05, 4.69) is 12.6 Å². The molecule has 0 bridgehead atoms. The van der Waals surface area contributed by atoms with Crippen LogP contribution in [0.4, 0.5) is 0 Å². The predicted octanol–water partition coefficient (Wildman–Crippen LogP) is -4.42. The van der Waals surface area contributed by atoms with Crippen LogP contribution in [0.3, 0.4) is 0 Å². The van der Waals surface area contributed by atoms with Gasteiger partial charge in [0.25, 0.3) is 0 Å². The summed E-state index contributed by atoms with van der Waals surface area (Å²) >= 11 is 4.31. The van der Waals surface area contributed by atoms with Gasteiger partial charge in [-0.15, -0.1) is 0 Å². The van der Waals surface area contributed by atoms with Gasteiger partial charge in [-0.1, -0.05) is 0 Å². The Morgan fingerprint density at radius 3 is 1.92 bits per heavy atom. The van der Waals surface area contributed by atoms with Crippen molar-refractivity contribution in [3.8, 4) is 0 Å². The number of rotatable bonds is 4. The van der Waals surface area contributed by atoms with E-state index in [-0.39, 0.29) is 0 Å². The largest absolute Gasteiger partial charge is 0.394 e. The molecule has 2 rings (SSSR count). The molecule has 0 aromatic rings. The lowest BCUT2D eigenvalue weighted by Gasteiger charge is -2.54. The van der Waals surface area contributed by atoms with Gasteiger partial charge in [0, 0.05) is 7.11 Å². The smallest absolute Gasteiger partial charge is 0.177 e. The standard InChI is InChI=1S/C13H24O10S/c1-21-12-13(24,10(20)7(17)5(3-15)23-12)11-9(19)8(18)6(16)4(2-14)22-11/h4-12,14-20,24H,2-3H2,1H3/t4-,5?,6-,7?,8+,9+,10?,11-,12?,13?/m1/s1. The van der Waals surface area contributed by atoms with Gasteiger partial charge < -0.3 is 50.0 Å². The van der Waals surface area contributed by atoms with E-state index in [0.717, 1.165) is 0 Å². The SMILES string of the molecule is COC1OC(CO)C(O)C(O)C1(S)[C@@H]1O[C@H](CO)[C@@H](O)[C@H](O)[C@@H]1O. The summed E-state index contributed by atoms with van der Waals surface area (Å²) in [6, 6.07) is 0. The summed E-state index contributed by atoms with van der Waals surface area (Å²) in [6.07, 6.45) is -13.4. The maximum atomic E-state index is 10.5. The molecule has 2 fully saturated rings. The zero-order chi connectivity index (χ0) is 18.2. The van der Waals surface area contributed by atoms with Crippen molar-refractivity contribution in [2.45, 2.75) is 59.9 Å². The van der Waals surface area contributed by atoms with E-state index >= 15 is 0 Å². The van der Waals surface area contributed by atoms with Gasteiger partial charge in [-0.25, -0.2) is 0 Å². The molecule has 0 aromatic carbocycles. The third-order valence-electron chi connectivity index (χ3n) is 4.60. The summed E-state index contributed by atoms with van der Waals surface area (Å²) in [6.45, 7) is -1.27. The molecule has 10 nitrogen and oxygen atoms in total. The molecule has 11 heteroatoms. The molecule has 10 atom stereocenters. The van der Waals surface area contributed by atoms with Gasteiger partial charge in [0.15, 0.2) is 6.29 Å². The summed E-state index contributed by atoms with van der Waals surface area (Å²) in [5.74, 6) is 0. The van der Waals surface area contributed by atoms with Crippen molar-refractivity contribution in [1.82, 2.24) is 0 Å². The van der Waals surface area contributed by atoms with Crippen LogP contribution >= 0.6 is 12.6 Å². The first kappa shape index (κ1) is 20.3. The normalized spacial score (nSPS) is 53.1. The van der Waals surface area contributed by atoms with Gasteiger partial charge >= 0.3 is 0 Å². The number of methoxy groups -OCH3 is 1. The third-order valence-corrected chi connectivity index (χ3v) is 5.33. The lowest BCUT2D eigenvalue weighted by molar-refractivity contribution is -0.312. The van der Waals surface area contributed by atoms with Crippen molar-refractivity contribution in [2.75, 3.05) is 20.3 Å². The van der Waals surface area contributed by atoms with Crippen molar-refractivity contribution in [3.05, 3.63) is 0 Å². The zero-order valence-electron chi connectivity index (χ0n) is 12.9. The van der Waals surface area contributed by atoms with Gasteiger partial charge in [0.05, 0.1) is 13.2 Å². The van der Waals surface area contributed by atoms with E-state index in [1.807, 2.05) is 0 Å². The molecular formula is C13H24O10S. The Labute approximate surface area is 143 Å². The molecule has 0 saturated carbocycles. The summed E-state index contributed by atoms with van der Waals surface area (Å²) in [7, 11) is 1.22. The van der Waals surface area contributed by atoms with Gasteiger partial charge in [-0.3, -0.25) is 0 Å². The highest BCUT2D eigenvalue weighted by Crippen LogP contribution is 2.43. The molecule has 0 spiro atoms. The first-order valence-corrected chi connectivity index (χ1v) is 7.86. The molecule has 0 aromatic heterocycles. The number of aliphatic hydroxyl groups is 7. The van der Waals surface area contributed by atoms with Crippen LogP contribution in [0.2, 0.25) is 0 Å². The second kappa shape index (κ2) is 7.68. The third kappa shape index (κ3) is 3.08. The Bertz CT molecular complexity index is 422. The fourth-order valence-electron chi connectivity index (χ4n) is 3.15. The van der Waals surface area contributed by atoms with Crippen LogP contribution in [0.1, 0.15) is 0 Å². The molecule has 2 saturated heterocycles. The molecule has 0 aliphatic carbocycles. The molecule has 24 heavy (non-hydrogen) atoms. The molecule has 7 N–H and O–H groups in total. The summed E-state index contributed by atoms with van der Waals surface area (Å²) in [5, 5.41) is 69.1. The van der Waals surface area contributed by atoms with Gasteiger partial charge in [-0.05, 0) is 0 Å². The van der Waals surface area contributed by atoms with Crippen LogP contribution < -0.4 is 0 Å². The Kier molecular flexibility index (Phi) is 6.48. The van der Waals surface area contributed by atoms with Crippen molar-refractivity contribution < 1.29 is 50.0 Å². The van der Waals surface area contributed by atoms with Crippen LogP contribution in [0.25, 0.3) is 0 Å². The highest BCUT2D eigenvalue weighted by atomic mass is 32.1. The molecule has 5 unspecified atom stereocenters. The van der Waals surface area contributed by atoms with Gasteiger partial charge in [-0.2, -0.15) is 12.6 Å². The van der Waals surface area contributed by atoms with Crippen molar-refractivity contribution in [3.63, 3.8) is 0 Å². The van der Waals surface area contributed by atoms with Crippen LogP contribution in [-0.2, 0) is 14.2 Å². The summed E-state index contributed by atoms with van der Waals surface area (Å²) < 4.78 is 14.0. The Balaban J connectivity index is 2.38. The van der Waals surface area contributed by atoms with Crippen LogP contribution in [-0.4, -0.2) is 116 Å². The lowest BCUT2D eigenvalue weighted by Crippen LogP contribution is -2.74. The quantitative estimate of drug-likeness (QED) is 0.225. The number of ether oxygens (including phenoxy) is 3. The number of aliphatic hydroxyl groups excluding tert-OH is 7. The van der Waals surface area contributed by atoms with Gasteiger partial charge in [0.1, 0.15) is 53.6 Å². The first-order chi connectivity index (χ1) is 11.2. The number of thiol groups is 1. The maximum Gasteiger partial charge on any atom is 0.177 e. The van der Waals surface area contributed by atoms with Crippen LogP contribution in [0, 0.1) is 0 Å². The Hall–Kier alpha value is -0.0500. The Morgan fingerprint density at radius 2 is 1.42 bits per heavy atom. The Morgan fingerprint density at radius 1 is 0.875 bits per heavy atom. The minimum absolute atomic E-state index is 0.601. The van der Waals surface area contributed by atoms with E-state index in [1.165, 1.54) is 7.11 Å². The molecule has 142 valence electrons. The molecule has 0 radical (unpaired) electrons. The first-order valence-electron chi connectivity index (χ1n) is 7.42. The molecule has 2 aliphatic heterocycles. The number of hydrogen-bond acceptors (Lipinski definition) is 11. The lowest BCUT2D eigenvalue weighted by atomic mass is 9.79. The average Bonchev–Trinajstić information content (AvgIpc) is 2.58. The molecule has 2 heterocycles. The van der Waals surface area contributed by atoms with Gasteiger partial charge in [0.2, 0.25) is 0 Å².